The highest BCUT2D eigenvalue weighted by atomic mass is 16.5. The number of carbonyl (C=O) groups is 3. The third-order valence-electron chi connectivity index (χ3n) is 6.91. The molecule has 2 heterocycles. The third-order valence-corrected chi connectivity index (χ3v) is 6.91. The van der Waals surface area contributed by atoms with Gasteiger partial charge in [0.15, 0.2) is 0 Å². The smallest absolute Gasteiger partial charge is 0.257 e. The first-order valence-electron chi connectivity index (χ1n) is 12.2. The van der Waals surface area contributed by atoms with Gasteiger partial charge in [-0.25, -0.2) is 0 Å². The zero-order chi connectivity index (χ0) is 23.4. The van der Waals surface area contributed by atoms with Crippen molar-refractivity contribution in [2.75, 3.05) is 19.0 Å². The van der Waals surface area contributed by atoms with Gasteiger partial charge >= 0.3 is 0 Å². The van der Waals surface area contributed by atoms with Gasteiger partial charge in [0.1, 0.15) is 18.5 Å². The molecule has 2 N–H and O–H groups in total. The van der Waals surface area contributed by atoms with Crippen molar-refractivity contribution in [2.24, 2.45) is 0 Å². The number of fused-ring (bicyclic) bond motifs is 2. The number of anilines is 1. The Morgan fingerprint density at radius 3 is 2.67 bits per heavy atom. The van der Waals surface area contributed by atoms with Gasteiger partial charge in [0.25, 0.3) is 5.91 Å². The molecule has 3 atom stereocenters. The van der Waals surface area contributed by atoms with E-state index in [1.165, 1.54) is 12.8 Å². The number of nitrogens with one attached hydrogen (secondary N) is 2. The van der Waals surface area contributed by atoms with Gasteiger partial charge in [-0.3, -0.25) is 14.4 Å². The SMILES string of the molecule is CCCC(=O)Nc1ccc2c(c1)C(=O)N(C)[C@H]1CC[C@@H](CC(=O)NC3CCCC3)O[C@H]1CO2. The Kier molecular flexibility index (Phi) is 7.53. The zero-order valence-electron chi connectivity index (χ0n) is 19.6. The summed E-state index contributed by atoms with van der Waals surface area (Å²) in [4.78, 5) is 39.4. The van der Waals surface area contributed by atoms with Crippen LogP contribution in [-0.2, 0) is 14.3 Å². The van der Waals surface area contributed by atoms with Crippen LogP contribution in [0.5, 0.6) is 5.75 Å². The summed E-state index contributed by atoms with van der Waals surface area (Å²) in [6.45, 7) is 2.25. The Morgan fingerprint density at radius 1 is 1.12 bits per heavy atom. The summed E-state index contributed by atoms with van der Waals surface area (Å²) in [5.74, 6) is 0.286. The highest BCUT2D eigenvalue weighted by molar-refractivity contribution is 5.99. The summed E-state index contributed by atoms with van der Waals surface area (Å²) in [6.07, 6.45) is 7.02. The van der Waals surface area contributed by atoms with Crippen LogP contribution >= 0.6 is 0 Å². The van der Waals surface area contributed by atoms with E-state index < -0.39 is 0 Å². The lowest BCUT2D eigenvalue weighted by molar-refractivity contribution is -0.134. The van der Waals surface area contributed by atoms with Crippen molar-refractivity contribution >= 4 is 23.4 Å². The molecular formula is C25H35N3O5. The fraction of sp³-hybridized carbons (Fsp3) is 0.640. The van der Waals surface area contributed by atoms with E-state index in [1.807, 2.05) is 6.92 Å². The van der Waals surface area contributed by atoms with Gasteiger partial charge in [0, 0.05) is 25.2 Å². The average Bonchev–Trinajstić information content (AvgIpc) is 3.29. The van der Waals surface area contributed by atoms with Crippen molar-refractivity contribution in [3.63, 3.8) is 0 Å². The maximum atomic E-state index is 13.3. The zero-order valence-corrected chi connectivity index (χ0v) is 19.6. The molecule has 8 heteroatoms. The van der Waals surface area contributed by atoms with Crippen molar-refractivity contribution in [3.05, 3.63) is 23.8 Å². The molecule has 1 aromatic carbocycles. The third kappa shape index (κ3) is 5.66. The van der Waals surface area contributed by atoms with Crippen LogP contribution in [0.2, 0.25) is 0 Å². The molecular weight excluding hydrogens is 422 g/mol. The van der Waals surface area contributed by atoms with Crippen LogP contribution in [-0.4, -0.2) is 60.6 Å². The average molecular weight is 458 g/mol. The number of amides is 3. The molecule has 3 amide bonds. The number of benzene rings is 1. The highest BCUT2D eigenvalue weighted by Crippen LogP contribution is 2.32. The van der Waals surface area contributed by atoms with E-state index in [4.69, 9.17) is 9.47 Å². The minimum absolute atomic E-state index is 0.0459. The van der Waals surface area contributed by atoms with Gasteiger partial charge in [-0.05, 0) is 50.3 Å². The molecule has 8 nitrogen and oxygen atoms in total. The molecule has 33 heavy (non-hydrogen) atoms. The fourth-order valence-electron chi connectivity index (χ4n) is 5.12. The summed E-state index contributed by atoms with van der Waals surface area (Å²) in [6, 6.07) is 5.32. The predicted octanol–water partition coefficient (Wildman–Crippen LogP) is 3.25. The topological polar surface area (TPSA) is 97.0 Å². The van der Waals surface area contributed by atoms with Gasteiger partial charge in [0.05, 0.1) is 24.1 Å². The first-order chi connectivity index (χ1) is 15.9. The summed E-state index contributed by atoms with van der Waals surface area (Å²) < 4.78 is 12.3. The molecule has 180 valence electrons. The van der Waals surface area contributed by atoms with Gasteiger partial charge in [-0.15, -0.1) is 0 Å². The second-order valence-electron chi connectivity index (χ2n) is 9.43. The van der Waals surface area contributed by atoms with Crippen LogP contribution in [0.25, 0.3) is 0 Å². The van der Waals surface area contributed by atoms with E-state index >= 15 is 0 Å². The minimum Gasteiger partial charge on any atom is -0.490 e. The molecule has 1 saturated carbocycles. The highest BCUT2D eigenvalue weighted by Gasteiger charge is 2.39. The molecule has 0 unspecified atom stereocenters. The Hall–Kier alpha value is -2.61. The molecule has 2 fully saturated rings. The lowest BCUT2D eigenvalue weighted by Gasteiger charge is -2.42. The van der Waals surface area contributed by atoms with E-state index in [0.717, 1.165) is 32.1 Å². The molecule has 0 radical (unpaired) electrons. The van der Waals surface area contributed by atoms with Crippen LogP contribution in [0.4, 0.5) is 5.69 Å². The maximum absolute atomic E-state index is 13.3. The summed E-state index contributed by atoms with van der Waals surface area (Å²) in [5, 5.41) is 5.97. The minimum atomic E-state index is -0.297. The van der Waals surface area contributed by atoms with E-state index in [2.05, 4.69) is 10.6 Å². The molecule has 4 rings (SSSR count). The van der Waals surface area contributed by atoms with Crippen LogP contribution in [0.1, 0.15) is 75.1 Å². The lowest BCUT2D eigenvalue weighted by atomic mass is 9.94. The quantitative estimate of drug-likeness (QED) is 0.684. The normalized spacial score (nSPS) is 25.3. The fourth-order valence-corrected chi connectivity index (χ4v) is 5.12. The summed E-state index contributed by atoms with van der Waals surface area (Å²) in [7, 11) is 1.79. The van der Waals surface area contributed by atoms with Gasteiger partial charge < -0.3 is 25.0 Å². The van der Waals surface area contributed by atoms with Crippen molar-refractivity contribution < 1.29 is 23.9 Å². The Balaban J connectivity index is 1.41. The molecule has 0 aromatic heterocycles. The Labute approximate surface area is 195 Å². The molecule has 2 aliphatic heterocycles. The van der Waals surface area contributed by atoms with Crippen molar-refractivity contribution in [1.29, 1.82) is 0 Å². The Morgan fingerprint density at radius 2 is 1.91 bits per heavy atom. The van der Waals surface area contributed by atoms with Crippen molar-refractivity contribution in [2.45, 2.75) is 89.0 Å². The van der Waals surface area contributed by atoms with Crippen LogP contribution < -0.4 is 15.4 Å². The molecule has 0 spiro atoms. The van der Waals surface area contributed by atoms with Crippen LogP contribution in [0.3, 0.4) is 0 Å². The number of rotatable bonds is 6. The molecule has 1 aliphatic carbocycles. The number of carbonyl (C=O) groups excluding carboxylic acids is 3. The predicted molar refractivity (Wildman–Crippen MR) is 124 cm³/mol. The Bertz CT molecular complexity index is 883. The second-order valence-corrected chi connectivity index (χ2v) is 9.43. The lowest BCUT2D eigenvalue weighted by Crippen LogP contribution is -2.54. The van der Waals surface area contributed by atoms with E-state index in [9.17, 15) is 14.4 Å². The van der Waals surface area contributed by atoms with E-state index in [-0.39, 0.29) is 36.0 Å². The van der Waals surface area contributed by atoms with E-state index in [0.29, 0.717) is 42.5 Å². The number of hydrogen-bond donors (Lipinski definition) is 2. The van der Waals surface area contributed by atoms with Crippen LogP contribution in [0, 0.1) is 0 Å². The summed E-state index contributed by atoms with van der Waals surface area (Å²) >= 11 is 0. The number of ether oxygens (including phenoxy) is 2. The molecule has 1 aromatic rings. The van der Waals surface area contributed by atoms with Crippen LogP contribution in [0.15, 0.2) is 18.2 Å². The molecule has 3 aliphatic rings. The largest absolute Gasteiger partial charge is 0.490 e. The number of hydrogen-bond acceptors (Lipinski definition) is 5. The second kappa shape index (κ2) is 10.5. The maximum Gasteiger partial charge on any atom is 0.257 e. The van der Waals surface area contributed by atoms with Gasteiger partial charge in [-0.2, -0.15) is 0 Å². The monoisotopic (exact) mass is 457 g/mol. The first-order valence-corrected chi connectivity index (χ1v) is 12.2. The number of likely N-dealkylation sites (N-methyl/N-ethyl adjacent to an activating group) is 1. The van der Waals surface area contributed by atoms with Gasteiger partial charge in [-0.1, -0.05) is 19.8 Å². The van der Waals surface area contributed by atoms with Gasteiger partial charge in [0.2, 0.25) is 11.8 Å². The molecule has 0 bridgehead atoms. The standard InChI is InChI=1S/C25H35N3O5/c1-3-6-23(29)27-17-9-12-21-19(13-17)25(31)28(2)20-11-10-18(33-22(20)15-32-21)14-24(30)26-16-7-4-5-8-16/h9,12-13,16,18,20,22H,3-8,10-11,14-15H2,1-2H3,(H,26,30)(H,27,29)/t18-,20-,22-/m0/s1. The summed E-state index contributed by atoms with van der Waals surface area (Å²) in [5.41, 5.74) is 1.02. The van der Waals surface area contributed by atoms with Crippen molar-refractivity contribution in [3.8, 4) is 5.75 Å². The van der Waals surface area contributed by atoms with Crippen molar-refractivity contribution in [1.82, 2.24) is 10.2 Å². The van der Waals surface area contributed by atoms with E-state index in [1.54, 1.807) is 30.1 Å². The first kappa shape index (κ1) is 23.5. The number of nitrogens with zero attached hydrogens (tertiary/aromatic N) is 1. The molecule has 1 saturated heterocycles.